The molecule has 2 bridgehead atoms. The van der Waals surface area contributed by atoms with Crippen molar-refractivity contribution < 1.29 is 9.59 Å². The van der Waals surface area contributed by atoms with Crippen LogP contribution >= 0.6 is 22.7 Å². The van der Waals surface area contributed by atoms with Gasteiger partial charge in [0, 0.05) is 32.4 Å². The van der Waals surface area contributed by atoms with Gasteiger partial charge in [0.1, 0.15) is 0 Å². The van der Waals surface area contributed by atoms with Gasteiger partial charge in [-0.05, 0) is 30.4 Å². The molecule has 1 aromatic carbocycles. The predicted molar refractivity (Wildman–Crippen MR) is 82.4 cm³/mol. The van der Waals surface area contributed by atoms with E-state index in [1.165, 1.54) is 0 Å². The molecule has 0 spiro atoms. The molecule has 2 unspecified atom stereocenters. The largest absolute Gasteiger partial charge is 0.294 e. The minimum Gasteiger partial charge on any atom is -0.294 e. The number of allylic oxidation sites excluding steroid dienone is 2. The summed E-state index contributed by atoms with van der Waals surface area (Å²) in [5.41, 5.74) is 1.06. The zero-order valence-electron chi connectivity index (χ0n) is 10.9. The number of hydrogen-bond donors (Lipinski definition) is 0. The molecule has 1 heterocycles. The number of carbonyl (C=O) groups is 2. The third-order valence-electron chi connectivity index (χ3n) is 5.07. The van der Waals surface area contributed by atoms with Crippen molar-refractivity contribution in [3.05, 3.63) is 44.3 Å². The van der Waals surface area contributed by atoms with Gasteiger partial charge in [-0.25, -0.2) is 0 Å². The minimum atomic E-state index is -0.173. The van der Waals surface area contributed by atoms with Crippen molar-refractivity contribution in [3.63, 3.8) is 0 Å². The van der Waals surface area contributed by atoms with Crippen LogP contribution in [0.5, 0.6) is 0 Å². The van der Waals surface area contributed by atoms with E-state index < -0.39 is 0 Å². The standard InChI is InChI=1S/C16H10O3S2/c17-14-8-4-10-11(21-16(19)20-10)5-9(8)15(18)13-7-2-1-6(3-7)12(13)14/h1-2,4-7,12-13H,3H2/t6-,7+,12?,13?. The van der Waals surface area contributed by atoms with Gasteiger partial charge < -0.3 is 0 Å². The highest BCUT2D eigenvalue weighted by Gasteiger charge is 2.54. The minimum absolute atomic E-state index is 0.00850. The van der Waals surface area contributed by atoms with Gasteiger partial charge in [-0.3, -0.25) is 14.4 Å². The Kier molecular flexibility index (Phi) is 2.16. The molecule has 5 rings (SSSR count). The van der Waals surface area contributed by atoms with Crippen LogP contribution in [0.25, 0.3) is 9.40 Å². The Labute approximate surface area is 127 Å². The van der Waals surface area contributed by atoms with Gasteiger partial charge >= 0.3 is 0 Å². The topological polar surface area (TPSA) is 51.2 Å². The maximum atomic E-state index is 12.8. The molecule has 0 amide bonds. The normalized spacial score (nSPS) is 32.8. The van der Waals surface area contributed by atoms with Gasteiger partial charge in [-0.1, -0.05) is 34.8 Å². The predicted octanol–water partition coefficient (Wildman–Crippen LogP) is 3.14. The molecule has 0 aliphatic heterocycles. The van der Waals surface area contributed by atoms with E-state index in [1.807, 2.05) is 0 Å². The van der Waals surface area contributed by atoms with Crippen molar-refractivity contribution in [1.82, 2.24) is 0 Å². The van der Waals surface area contributed by atoms with E-state index in [9.17, 15) is 14.4 Å². The lowest BCUT2D eigenvalue weighted by atomic mass is 9.69. The SMILES string of the molecule is O=C1c2cc3sc(=O)sc3cc2C(=O)C2C1[C@@H]1C=C[C@H]2C1. The van der Waals surface area contributed by atoms with Crippen LogP contribution in [0.1, 0.15) is 27.1 Å². The van der Waals surface area contributed by atoms with E-state index >= 15 is 0 Å². The molecule has 5 heteroatoms. The molecule has 1 saturated carbocycles. The van der Waals surface area contributed by atoms with Crippen molar-refractivity contribution in [2.45, 2.75) is 6.42 Å². The first-order chi connectivity index (χ1) is 10.1. The number of benzene rings is 1. The summed E-state index contributed by atoms with van der Waals surface area (Å²) in [5.74, 6) is 0.294. The van der Waals surface area contributed by atoms with Gasteiger partial charge in [0.05, 0.1) is 0 Å². The van der Waals surface area contributed by atoms with E-state index in [0.717, 1.165) is 38.5 Å². The van der Waals surface area contributed by atoms with Gasteiger partial charge in [-0.15, -0.1) is 0 Å². The Morgan fingerprint density at radius 3 is 1.76 bits per heavy atom. The molecule has 0 N–H and O–H groups in total. The molecule has 21 heavy (non-hydrogen) atoms. The highest BCUT2D eigenvalue weighted by molar-refractivity contribution is 7.35. The van der Waals surface area contributed by atoms with Gasteiger partial charge in [-0.2, -0.15) is 0 Å². The van der Waals surface area contributed by atoms with E-state index in [2.05, 4.69) is 12.2 Å². The van der Waals surface area contributed by atoms with Crippen molar-refractivity contribution >= 4 is 43.6 Å². The monoisotopic (exact) mass is 314 g/mol. The molecule has 0 radical (unpaired) electrons. The summed E-state index contributed by atoms with van der Waals surface area (Å²) in [6, 6.07) is 3.53. The second kappa shape index (κ2) is 3.78. The molecule has 3 aliphatic carbocycles. The second-order valence-corrected chi connectivity index (χ2v) is 8.31. The summed E-state index contributed by atoms with van der Waals surface area (Å²) in [5, 5.41) is 0. The second-order valence-electron chi connectivity index (χ2n) is 6.03. The maximum absolute atomic E-state index is 12.8. The molecule has 1 aromatic heterocycles. The molecule has 4 atom stereocenters. The fraction of sp³-hybridized carbons (Fsp3) is 0.312. The number of hydrogen-bond acceptors (Lipinski definition) is 5. The molecule has 3 nitrogen and oxygen atoms in total. The van der Waals surface area contributed by atoms with Crippen LogP contribution in [0.2, 0.25) is 0 Å². The van der Waals surface area contributed by atoms with Gasteiger partial charge in [0.15, 0.2) is 11.6 Å². The molecule has 0 saturated heterocycles. The smallest absolute Gasteiger partial charge is 0.288 e. The highest BCUT2D eigenvalue weighted by atomic mass is 32.2. The summed E-state index contributed by atoms with van der Waals surface area (Å²) >= 11 is 2.31. The number of ketones is 2. The van der Waals surface area contributed by atoms with Crippen LogP contribution in [-0.4, -0.2) is 11.6 Å². The van der Waals surface area contributed by atoms with Crippen LogP contribution in [0, 0.1) is 23.7 Å². The quantitative estimate of drug-likeness (QED) is 0.702. The van der Waals surface area contributed by atoms with Crippen molar-refractivity contribution in [1.29, 1.82) is 0 Å². The Hall–Kier alpha value is -1.59. The van der Waals surface area contributed by atoms with Crippen LogP contribution in [0.3, 0.4) is 0 Å². The Morgan fingerprint density at radius 2 is 1.29 bits per heavy atom. The highest BCUT2D eigenvalue weighted by Crippen LogP contribution is 2.53. The summed E-state index contributed by atoms with van der Waals surface area (Å²) < 4.78 is 1.65. The van der Waals surface area contributed by atoms with E-state index in [-0.39, 0.29) is 39.3 Å². The zero-order valence-corrected chi connectivity index (χ0v) is 12.5. The fourth-order valence-electron chi connectivity index (χ4n) is 4.22. The van der Waals surface area contributed by atoms with Gasteiger partial charge in [0.25, 0.3) is 4.06 Å². The summed E-state index contributed by atoms with van der Waals surface area (Å²) in [6.45, 7) is 0. The molecule has 2 aromatic rings. The van der Waals surface area contributed by atoms with Crippen molar-refractivity contribution in [3.8, 4) is 0 Å². The molecular weight excluding hydrogens is 304 g/mol. The Bertz CT molecular complexity index is 847. The van der Waals surface area contributed by atoms with E-state index in [0.29, 0.717) is 11.1 Å². The van der Waals surface area contributed by atoms with Gasteiger partial charge in [0.2, 0.25) is 0 Å². The van der Waals surface area contributed by atoms with E-state index in [1.54, 1.807) is 12.1 Å². The maximum Gasteiger partial charge on any atom is 0.288 e. The number of Topliss-reactive ketones (excluding diaryl/α,β-unsaturated/α-hetero) is 2. The van der Waals surface area contributed by atoms with Crippen LogP contribution in [-0.2, 0) is 0 Å². The molecule has 1 fully saturated rings. The summed E-state index contributed by atoms with van der Waals surface area (Å²) in [6.07, 6.45) is 5.13. The van der Waals surface area contributed by atoms with Crippen LogP contribution < -0.4 is 4.06 Å². The lowest BCUT2D eigenvalue weighted by Crippen LogP contribution is -2.38. The first-order valence-electron chi connectivity index (χ1n) is 6.98. The van der Waals surface area contributed by atoms with Crippen molar-refractivity contribution in [2.24, 2.45) is 23.7 Å². The number of fused-ring (bicyclic) bond motifs is 7. The first-order valence-corrected chi connectivity index (χ1v) is 8.61. The zero-order chi connectivity index (χ0) is 14.3. The van der Waals surface area contributed by atoms with E-state index in [4.69, 9.17) is 0 Å². The average Bonchev–Trinajstić information content (AvgIpc) is 3.14. The first kappa shape index (κ1) is 12.0. The average molecular weight is 314 g/mol. The lowest BCUT2D eigenvalue weighted by molar-refractivity contribution is 0.0721. The third kappa shape index (κ3) is 1.40. The molecular formula is C16H10O3S2. The molecule has 3 aliphatic rings. The lowest BCUT2D eigenvalue weighted by Gasteiger charge is -2.31. The Morgan fingerprint density at radius 1 is 0.810 bits per heavy atom. The summed E-state index contributed by atoms with van der Waals surface area (Å²) in [4.78, 5) is 37.2. The summed E-state index contributed by atoms with van der Waals surface area (Å²) in [7, 11) is 0. The van der Waals surface area contributed by atoms with Crippen LogP contribution in [0.15, 0.2) is 29.1 Å². The molecule has 104 valence electrons. The van der Waals surface area contributed by atoms with Crippen molar-refractivity contribution in [2.75, 3.05) is 0 Å². The number of carbonyl (C=O) groups excluding carboxylic acids is 2. The number of rotatable bonds is 0. The van der Waals surface area contributed by atoms with Crippen LogP contribution in [0.4, 0.5) is 0 Å². The fourth-order valence-corrected chi connectivity index (χ4v) is 6.21. The Balaban J connectivity index is 1.79. The third-order valence-corrected chi connectivity index (χ3v) is 7.14.